The van der Waals surface area contributed by atoms with Crippen molar-refractivity contribution >= 4 is 41.3 Å². The molecule has 0 aliphatic carbocycles. The van der Waals surface area contributed by atoms with Gasteiger partial charge in [0.1, 0.15) is 11.9 Å². The molecule has 7 heteroatoms. The van der Waals surface area contributed by atoms with Crippen LogP contribution in [-0.4, -0.2) is 37.2 Å². The minimum absolute atomic E-state index is 0. The Labute approximate surface area is 164 Å². The summed E-state index contributed by atoms with van der Waals surface area (Å²) in [5.74, 6) is 1.80. The van der Waals surface area contributed by atoms with Gasteiger partial charge in [-0.05, 0) is 18.6 Å². The average molecular weight is 458 g/mol. The molecule has 2 heterocycles. The van der Waals surface area contributed by atoms with Crippen molar-refractivity contribution in [3.8, 4) is 5.75 Å². The molecule has 0 bridgehead atoms. The van der Waals surface area contributed by atoms with Gasteiger partial charge >= 0.3 is 0 Å². The second kappa shape index (κ2) is 9.22. The highest BCUT2D eigenvalue weighted by Crippen LogP contribution is 2.27. The topological polar surface area (TPSA) is 58.5 Å². The molecular weight excluding hydrogens is 435 g/mol. The minimum atomic E-state index is 0. The monoisotopic (exact) mass is 458 g/mol. The molecule has 1 aliphatic heterocycles. The number of aliphatic imine (C=N–C) groups is 1. The summed E-state index contributed by atoms with van der Waals surface area (Å²) in [7, 11) is 1.78. The molecule has 1 aromatic heterocycles. The average Bonchev–Trinajstić information content (AvgIpc) is 3.16. The van der Waals surface area contributed by atoms with E-state index in [9.17, 15) is 0 Å². The van der Waals surface area contributed by atoms with Crippen LogP contribution in [0.3, 0.4) is 0 Å². The lowest BCUT2D eigenvalue weighted by molar-refractivity contribution is 0.235. The summed E-state index contributed by atoms with van der Waals surface area (Å²) < 4.78 is 5.92. The summed E-state index contributed by atoms with van der Waals surface area (Å²) in [6.45, 7) is 3.64. The summed E-state index contributed by atoms with van der Waals surface area (Å²) in [4.78, 5) is 9.88. The van der Waals surface area contributed by atoms with E-state index in [0.717, 1.165) is 42.6 Å². The molecular formula is C17H23IN4OS. The Kier molecular flexibility index (Phi) is 7.29. The number of para-hydroxylation sites is 1. The first-order valence-electron chi connectivity index (χ1n) is 7.85. The van der Waals surface area contributed by atoms with Gasteiger partial charge in [-0.3, -0.25) is 4.99 Å². The molecule has 24 heavy (non-hydrogen) atoms. The highest BCUT2D eigenvalue weighted by atomic mass is 127. The molecule has 1 atom stereocenters. The number of nitrogens with zero attached hydrogens (tertiary/aromatic N) is 2. The van der Waals surface area contributed by atoms with Gasteiger partial charge in [0.05, 0.1) is 11.6 Å². The fourth-order valence-electron chi connectivity index (χ4n) is 2.60. The lowest BCUT2D eigenvalue weighted by atomic mass is 10.1. The normalized spacial score (nSPS) is 16.1. The second-order valence-electron chi connectivity index (χ2n) is 5.55. The predicted octanol–water partition coefficient (Wildman–Crippen LogP) is 2.78. The molecule has 0 fully saturated rings. The van der Waals surface area contributed by atoms with Crippen LogP contribution in [0.25, 0.3) is 0 Å². The molecule has 2 aromatic rings. The quantitative estimate of drug-likeness (QED) is 0.411. The summed E-state index contributed by atoms with van der Waals surface area (Å²) in [5.41, 5.74) is 1.28. The highest BCUT2D eigenvalue weighted by Gasteiger charge is 2.22. The van der Waals surface area contributed by atoms with Crippen molar-refractivity contribution in [1.82, 2.24) is 15.6 Å². The van der Waals surface area contributed by atoms with Gasteiger partial charge in [0.25, 0.3) is 0 Å². The van der Waals surface area contributed by atoms with Crippen LogP contribution in [0.2, 0.25) is 0 Å². The van der Waals surface area contributed by atoms with Crippen molar-refractivity contribution in [2.24, 2.45) is 4.99 Å². The van der Waals surface area contributed by atoms with E-state index in [2.05, 4.69) is 39.7 Å². The molecule has 2 N–H and O–H groups in total. The lowest BCUT2D eigenvalue weighted by Gasteiger charge is -2.15. The molecule has 0 saturated carbocycles. The van der Waals surface area contributed by atoms with E-state index in [4.69, 9.17) is 4.74 Å². The molecule has 1 aliphatic rings. The number of thiazole rings is 1. The van der Waals surface area contributed by atoms with Crippen LogP contribution >= 0.6 is 35.3 Å². The molecule has 130 valence electrons. The number of hydrogen-bond acceptors (Lipinski definition) is 4. The van der Waals surface area contributed by atoms with Gasteiger partial charge in [-0.1, -0.05) is 18.2 Å². The van der Waals surface area contributed by atoms with E-state index in [1.165, 1.54) is 10.4 Å². The summed E-state index contributed by atoms with van der Waals surface area (Å²) in [6.07, 6.45) is 3.93. The third kappa shape index (κ3) is 5.07. The summed E-state index contributed by atoms with van der Waals surface area (Å²) in [5, 5.41) is 7.81. The van der Waals surface area contributed by atoms with Crippen molar-refractivity contribution in [2.45, 2.75) is 25.9 Å². The van der Waals surface area contributed by atoms with Gasteiger partial charge in [-0.25, -0.2) is 4.98 Å². The first kappa shape index (κ1) is 19.0. The van der Waals surface area contributed by atoms with Crippen LogP contribution in [0.4, 0.5) is 0 Å². The van der Waals surface area contributed by atoms with E-state index in [1.807, 2.05) is 18.3 Å². The fraction of sp³-hybridized carbons (Fsp3) is 0.412. The molecule has 3 rings (SSSR count). The van der Waals surface area contributed by atoms with E-state index in [0.29, 0.717) is 0 Å². The van der Waals surface area contributed by atoms with E-state index < -0.39 is 0 Å². The third-order valence-electron chi connectivity index (χ3n) is 3.74. The maximum absolute atomic E-state index is 5.92. The van der Waals surface area contributed by atoms with Gasteiger partial charge in [-0.15, -0.1) is 35.3 Å². The van der Waals surface area contributed by atoms with Crippen LogP contribution in [0, 0.1) is 6.92 Å². The van der Waals surface area contributed by atoms with Gasteiger partial charge in [0.15, 0.2) is 5.96 Å². The Bertz CT molecular complexity index is 664. The number of ether oxygens (including phenoxy) is 1. The number of hydrogen-bond donors (Lipinski definition) is 2. The maximum atomic E-state index is 5.92. The highest BCUT2D eigenvalue weighted by molar-refractivity contribution is 14.0. The number of rotatable bonds is 5. The molecule has 0 radical (unpaired) electrons. The van der Waals surface area contributed by atoms with E-state index in [1.54, 1.807) is 18.4 Å². The summed E-state index contributed by atoms with van der Waals surface area (Å²) in [6, 6.07) is 8.21. The van der Waals surface area contributed by atoms with Gasteiger partial charge in [0.2, 0.25) is 0 Å². The van der Waals surface area contributed by atoms with Crippen molar-refractivity contribution in [1.29, 1.82) is 0 Å². The van der Waals surface area contributed by atoms with Crippen molar-refractivity contribution < 1.29 is 4.74 Å². The maximum Gasteiger partial charge on any atom is 0.191 e. The van der Waals surface area contributed by atoms with Crippen LogP contribution in [0.5, 0.6) is 5.75 Å². The molecule has 0 saturated heterocycles. The Balaban J connectivity index is 0.00000208. The van der Waals surface area contributed by atoms with Gasteiger partial charge in [0, 0.05) is 37.5 Å². The number of guanidine groups is 1. The van der Waals surface area contributed by atoms with Crippen molar-refractivity contribution in [3.63, 3.8) is 0 Å². The van der Waals surface area contributed by atoms with Crippen LogP contribution in [0.15, 0.2) is 35.5 Å². The number of aromatic nitrogens is 1. The molecule has 1 unspecified atom stereocenters. The second-order valence-corrected chi connectivity index (χ2v) is 6.87. The minimum Gasteiger partial charge on any atom is -0.488 e. The Morgan fingerprint density at radius 1 is 1.38 bits per heavy atom. The first-order chi connectivity index (χ1) is 11.2. The number of halogens is 1. The molecule has 0 amide bonds. The smallest absolute Gasteiger partial charge is 0.191 e. The number of nitrogens with one attached hydrogen (secondary N) is 2. The van der Waals surface area contributed by atoms with Crippen molar-refractivity contribution in [3.05, 3.63) is 45.9 Å². The zero-order valence-corrected chi connectivity index (χ0v) is 17.1. The molecule has 5 nitrogen and oxygen atoms in total. The zero-order chi connectivity index (χ0) is 16.1. The molecule has 1 aromatic carbocycles. The van der Waals surface area contributed by atoms with Gasteiger partial charge < -0.3 is 15.4 Å². The SMILES string of the molecule is CN=C(NCCc1ncc(C)s1)NCC1Cc2ccccc2O1.I. The Morgan fingerprint density at radius 2 is 2.21 bits per heavy atom. The fourth-order valence-corrected chi connectivity index (χ4v) is 3.39. The van der Waals surface area contributed by atoms with Crippen LogP contribution < -0.4 is 15.4 Å². The molecule has 0 spiro atoms. The first-order valence-corrected chi connectivity index (χ1v) is 8.66. The van der Waals surface area contributed by atoms with Gasteiger partial charge in [-0.2, -0.15) is 0 Å². The third-order valence-corrected chi connectivity index (χ3v) is 4.71. The number of fused-ring (bicyclic) bond motifs is 1. The summed E-state index contributed by atoms with van der Waals surface area (Å²) >= 11 is 1.74. The predicted molar refractivity (Wildman–Crippen MR) is 110 cm³/mol. The van der Waals surface area contributed by atoms with E-state index in [-0.39, 0.29) is 30.1 Å². The van der Waals surface area contributed by atoms with Crippen molar-refractivity contribution in [2.75, 3.05) is 20.1 Å². The lowest BCUT2D eigenvalue weighted by Crippen LogP contribution is -2.42. The largest absolute Gasteiger partial charge is 0.488 e. The Morgan fingerprint density at radius 3 is 2.92 bits per heavy atom. The number of benzene rings is 1. The van der Waals surface area contributed by atoms with E-state index >= 15 is 0 Å². The zero-order valence-electron chi connectivity index (χ0n) is 13.9. The number of aryl methyl sites for hydroxylation is 1. The van der Waals surface area contributed by atoms with Crippen LogP contribution in [0.1, 0.15) is 15.4 Å². The van der Waals surface area contributed by atoms with Crippen LogP contribution in [-0.2, 0) is 12.8 Å². The Hall–Kier alpha value is -1.35. The standard InChI is InChI=1S/C17H22N4OS.HI/c1-12-10-20-16(23-12)7-8-19-17(18-2)21-11-14-9-13-5-3-4-6-15(13)22-14;/h3-6,10,14H,7-9,11H2,1-2H3,(H2,18,19,21);1H.